The Hall–Kier alpha value is -5.54. The van der Waals surface area contributed by atoms with Crippen molar-refractivity contribution in [3.8, 4) is 0 Å². The van der Waals surface area contributed by atoms with Crippen LogP contribution in [-0.4, -0.2) is 0 Å². The minimum Gasteiger partial charge on any atom is -0.135 e. The Bertz CT molecular complexity index is 3030. The molecule has 2 unspecified atom stereocenters. The molecular weight excluding hydrogens is 713 g/mol. The summed E-state index contributed by atoms with van der Waals surface area (Å²) in [4.78, 5) is 0. The minimum atomic E-state index is -0.172. The van der Waals surface area contributed by atoms with Crippen LogP contribution in [0.2, 0.25) is 0 Å². The zero-order valence-corrected chi connectivity index (χ0v) is 33.6. The number of benzene rings is 8. The first-order chi connectivity index (χ1) is 27.3. The van der Waals surface area contributed by atoms with Gasteiger partial charge < -0.3 is 0 Å². The van der Waals surface area contributed by atoms with Crippen molar-refractivity contribution in [1.82, 2.24) is 0 Å². The van der Waals surface area contributed by atoms with E-state index in [1.54, 1.807) is 0 Å². The fourth-order valence-corrected chi connectivity index (χ4v) is 13.5. The van der Waals surface area contributed by atoms with E-state index in [2.05, 4.69) is 185 Å². The van der Waals surface area contributed by atoms with Gasteiger partial charge >= 0.3 is 0 Å². The Labute approximate surface area is 335 Å². The van der Waals surface area contributed by atoms with E-state index in [0.717, 1.165) is 0 Å². The van der Waals surface area contributed by atoms with Crippen molar-refractivity contribution < 1.29 is 0 Å². The molecule has 2 atom stereocenters. The Morgan fingerprint density at radius 2 is 0.696 bits per heavy atom. The van der Waals surface area contributed by atoms with Gasteiger partial charge in [0, 0.05) is 63.0 Å². The monoisotopic (exact) mass is 752 g/mol. The summed E-state index contributed by atoms with van der Waals surface area (Å²) in [5, 5.41) is 8.44. The lowest BCUT2D eigenvalue weighted by Gasteiger charge is -2.40. The molecule has 0 nitrogen and oxygen atoms in total. The zero-order chi connectivity index (χ0) is 37.5. The van der Waals surface area contributed by atoms with E-state index in [1.807, 2.05) is 22.7 Å². The quantitative estimate of drug-likeness (QED) is 0.165. The molecule has 2 aliphatic carbocycles. The number of thiophene rings is 2. The van der Waals surface area contributed by atoms with Gasteiger partial charge in [0.15, 0.2) is 0 Å². The molecule has 56 heavy (non-hydrogen) atoms. The van der Waals surface area contributed by atoms with Crippen LogP contribution in [0.5, 0.6) is 0 Å². The fraction of sp³-hybridized carbons (Fsp3) is 0.148. The highest BCUT2D eigenvalue weighted by Crippen LogP contribution is 2.57. The number of hydrogen-bond donors (Lipinski definition) is 0. The SMILES string of the molecule is CC1(C)c2ccccc2C(c2ccccc2)c2ccc3sc4ccc5c(ccc6sc7ccc8c(c7c65)C(C)(C)c5ccccc5C8c5ccccc5)c4c3c21. The highest BCUT2D eigenvalue weighted by Gasteiger charge is 2.41. The molecule has 0 saturated heterocycles. The molecule has 0 spiro atoms. The summed E-state index contributed by atoms with van der Waals surface area (Å²) in [5.74, 6) is 0.373. The van der Waals surface area contributed by atoms with Crippen LogP contribution in [0.25, 0.3) is 51.1 Å². The fourth-order valence-electron chi connectivity index (χ4n) is 11.2. The second kappa shape index (κ2) is 11.5. The molecule has 0 aliphatic heterocycles. The van der Waals surface area contributed by atoms with Crippen molar-refractivity contribution in [2.75, 3.05) is 0 Å². The molecule has 10 aromatic rings. The zero-order valence-electron chi connectivity index (χ0n) is 32.0. The van der Waals surface area contributed by atoms with E-state index in [-0.39, 0.29) is 22.7 Å². The van der Waals surface area contributed by atoms with Crippen LogP contribution in [0, 0.1) is 0 Å². The molecule has 0 saturated carbocycles. The predicted molar refractivity (Wildman–Crippen MR) is 242 cm³/mol. The maximum atomic E-state index is 2.46. The van der Waals surface area contributed by atoms with Gasteiger partial charge in [0.05, 0.1) is 0 Å². The molecule has 268 valence electrons. The Morgan fingerprint density at radius 3 is 1.12 bits per heavy atom. The van der Waals surface area contributed by atoms with Gasteiger partial charge in [-0.2, -0.15) is 0 Å². The lowest BCUT2D eigenvalue weighted by Crippen LogP contribution is -2.30. The smallest absolute Gasteiger partial charge is 0.0361 e. The van der Waals surface area contributed by atoms with Crippen LogP contribution in [0.15, 0.2) is 158 Å². The third-order valence-electron chi connectivity index (χ3n) is 13.5. The molecule has 2 aliphatic rings. The van der Waals surface area contributed by atoms with E-state index in [1.165, 1.54) is 107 Å². The molecule has 2 heteroatoms. The molecule has 0 N–H and O–H groups in total. The molecule has 0 radical (unpaired) electrons. The average Bonchev–Trinajstić information content (AvgIpc) is 3.80. The third-order valence-corrected chi connectivity index (χ3v) is 15.7. The second-order valence-corrected chi connectivity index (χ2v) is 19.3. The summed E-state index contributed by atoms with van der Waals surface area (Å²) in [5.41, 5.74) is 13.9. The standard InChI is InChI=1S/C54H40S2/c1-53(2)39-21-13-11-19-35(39)45(31-15-7-5-8-16-31)37-25-29-43-49(51(37)53)47-33-23-28-42-48(34(33)24-27-41(47)55-43)50-44(56-42)30-26-38-46(32-17-9-6-10-18-32)36-20-12-14-22-40(36)54(3,4)52(38)50/h5-30,45-46H,1-4H3. The van der Waals surface area contributed by atoms with Crippen LogP contribution >= 0.6 is 22.7 Å². The van der Waals surface area contributed by atoms with Gasteiger partial charge in [0.1, 0.15) is 0 Å². The van der Waals surface area contributed by atoms with E-state index >= 15 is 0 Å². The molecule has 0 fully saturated rings. The second-order valence-electron chi connectivity index (χ2n) is 17.1. The summed E-state index contributed by atoms with van der Waals surface area (Å²) >= 11 is 3.91. The molecule has 2 heterocycles. The molecule has 0 amide bonds. The van der Waals surface area contributed by atoms with Crippen LogP contribution in [0.4, 0.5) is 0 Å². The Balaban J connectivity index is 1.20. The minimum absolute atomic E-state index is 0.172. The molecule has 12 rings (SSSR count). The average molecular weight is 753 g/mol. The van der Waals surface area contributed by atoms with Crippen molar-refractivity contribution in [2.45, 2.75) is 50.4 Å². The van der Waals surface area contributed by atoms with Crippen LogP contribution in [0.3, 0.4) is 0 Å². The number of rotatable bonds is 2. The molecule has 0 bridgehead atoms. The highest BCUT2D eigenvalue weighted by molar-refractivity contribution is 7.26. The summed E-state index contributed by atoms with van der Waals surface area (Å²) in [7, 11) is 0. The topological polar surface area (TPSA) is 0 Å². The van der Waals surface area contributed by atoms with E-state index in [0.29, 0.717) is 0 Å². The van der Waals surface area contributed by atoms with Gasteiger partial charge in [0.25, 0.3) is 0 Å². The van der Waals surface area contributed by atoms with Crippen LogP contribution < -0.4 is 0 Å². The molecule has 2 aromatic heterocycles. The van der Waals surface area contributed by atoms with Gasteiger partial charge in [-0.15, -0.1) is 22.7 Å². The summed E-state index contributed by atoms with van der Waals surface area (Å²) in [6, 6.07) is 60.2. The first-order valence-corrected chi connectivity index (χ1v) is 21.6. The van der Waals surface area contributed by atoms with Crippen LogP contribution in [0.1, 0.15) is 95.2 Å². The Kier molecular flexibility index (Phi) is 6.72. The van der Waals surface area contributed by atoms with E-state index in [9.17, 15) is 0 Å². The largest absolute Gasteiger partial charge is 0.135 e. The van der Waals surface area contributed by atoms with Gasteiger partial charge in [-0.05, 0) is 90.7 Å². The van der Waals surface area contributed by atoms with Gasteiger partial charge in [0.2, 0.25) is 0 Å². The van der Waals surface area contributed by atoms with Crippen molar-refractivity contribution in [1.29, 1.82) is 0 Å². The van der Waals surface area contributed by atoms with Crippen molar-refractivity contribution in [2.24, 2.45) is 0 Å². The predicted octanol–water partition coefficient (Wildman–Crippen LogP) is 15.2. The summed E-state index contributed by atoms with van der Waals surface area (Å²) < 4.78 is 5.49. The Morgan fingerprint density at radius 1 is 0.339 bits per heavy atom. The lowest BCUT2D eigenvalue weighted by atomic mass is 9.62. The van der Waals surface area contributed by atoms with E-state index < -0.39 is 0 Å². The number of fused-ring (bicyclic) bond motifs is 15. The van der Waals surface area contributed by atoms with Gasteiger partial charge in [-0.1, -0.05) is 161 Å². The van der Waals surface area contributed by atoms with Crippen LogP contribution in [-0.2, 0) is 10.8 Å². The van der Waals surface area contributed by atoms with E-state index in [4.69, 9.17) is 0 Å². The molecular formula is C54H40S2. The summed E-state index contributed by atoms with van der Waals surface area (Å²) in [6.45, 7) is 9.83. The lowest BCUT2D eigenvalue weighted by molar-refractivity contribution is 0.604. The van der Waals surface area contributed by atoms with Crippen molar-refractivity contribution in [3.05, 3.63) is 213 Å². The number of hydrogen-bond acceptors (Lipinski definition) is 2. The van der Waals surface area contributed by atoms with Crippen molar-refractivity contribution in [3.63, 3.8) is 0 Å². The van der Waals surface area contributed by atoms with Crippen molar-refractivity contribution >= 4 is 73.8 Å². The van der Waals surface area contributed by atoms with Gasteiger partial charge in [-0.25, -0.2) is 0 Å². The maximum Gasteiger partial charge on any atom is 0.0361 e. The normalized spacial score (nSPS) is 17.9. The highest BCUT2D eigenvalue weighted by atomic mass is 32.1. The first kappa shape index (κ1) is 32.7. The third kappa shape index (κ3) is 4.24. The van der Waals surface area contributed by atoms with Gasteiger partial charge in [-0.3, -0.25) is 0 Å². The first-order valence-electron chi connectivity index (χ1n) is 19.9. The summed E-state index contributed by atoms with van der Waals surface area (Å²) in [6.07, 6.45) is 0. The maximum absolute atomic E-state index is 2.46. The molecule has 8 aromatic carbocycles.